The smallest absolute Gasteiger partial charge is 0.213 e. The molecule has 2 N–H and O–H groups in total. The minimum Gasteiger partial charge on any atom is -0.481 e. The van der Waals surface area contributed by atoms with Crippen LogP contribution in [0.3, 0.4) is 0 Å². The fourth-order valence-corrected chi connectivity index (χ4v) is 1.99. The zero-order valence-corrected chi connectivity index (χ0v) is 11.2. The highest BCUT2D eigenvalue weighted by Gasteiger charge is 2.14. The number of hydrogen-bond donors (Lipinski definition) is 2. The number of aromatic nitrogens is 1. The third-order valence-corrected chi connectivity index (χ3v) is 3.06. The Balaban J connectivity index is 1.71. The molecule has 0 radical (unpaired) electrons. The monoisotopic (exact) mass is 267 g/mol. The molecule has 1 fully saturated rings. The lowest BCUT2D eigenvalue weighted by Gasteiger charge is -2.28. The van der Waals surface area contributed by atoms with Crippen molar-refractivity contribution in [1.82, 2.24) is 9.88 Å². The molecule has 1 aliphatic rings. The SMILES string of the molecule is COc1ccc(NCC(O)CN2CCOCC2)cn1. The van der Waals surface area contributed by atoms with Gasteiger partial charge in [-0.3, -0.25) is 4.90 Å². The minimum absolute atomic E-state index is 0.403. The Hall–Kier alpha value is -1.37. The maximum absolute atomic E-state index is 9.97. The summed E-state index contributed by atoms with van der Waals surface area (Å²) in [5.41, 5.74) is 0.877. The summed E-state index contributed by atoms with van der Waals surface area (Å²) in [7, 11) is 1.58. The van der Waals surface area contributed by atoms with Crippen molar-refractivity contribution in [3.8, 4) is 5.88 Å². The molecule has 2 heterocycles. The van der Waals surface area contributed by atoms with E-state index in [4.69, 9.17) is 9.47 Å². The van der Waals surface area contributed by atoms with E-state index in [1.807, 2.05) is 6.07 Å². The number of nitrogens with zero attached hydrogens (tertiary/aromatic N) is 2. The molecule has 1 aromatic heterocycles. The van der Waals surface area contributed by atoms with Crippen LogP contribution in [0.25, 0.3) is 0 Å². The van der Waals surface area contributed by atoms with Gasteiger partial charge in [-0.05, 0) is 6.07 Å². The summed E-state index contributed by atoms with van der Waals surface area (Å²) in [5.74, 6) is 0.583. The van der Waals surface area contributed by atoms with Crippen molar-refractivity contribution in [2.45, 2.75) is 6.10 Å². The maximum Gasteiger partial charge on any atom is 0.213 e. The number of nitrogens with one attached hydrogen (secondary N) is 1. The zero-order valence-electron chi connectivity index (χ0n) is 11.2. The predicted octanol–water partition coefficient (Wildman–Crippen LogP) is 0.195. The highest BCUT2D eigenvalue weighted by atomic mass is 16.5. The molecular formula is C13H21N3O3. The van der Waals surface area contributed by atoms with Gasteiger partial charge in [0, 0.05) is 32.2 Å². The van der Waals surface area contributed by atoms with Crippen molar-refractivity contribution in [3.05, 3.63) is 18.3 Å². The van der Waals surface area contributed by atoms with Gasteiger partial charge in [-0.15, -0.1) is 0 Å². The molecule has 2 rings (SSSR count). The number of β-amino-alcohol motifs (C(OH)–C–C–N with tert-alkyl or cyclic N) is 1. The molecule has 106 valence electrons. The van der Waals surface area contributed by atoms with Gasteiger partial charge >= 0.3 is 0 Å². The highest BCUT2D eigenvalue weighted by molar-refractivity contribution is 5.42. The molecule has 6 heteroatoms. The number of methoxy groups -OCH3 is 1. The van der Waals surface area contributed by atoms with E-state index in [1.165, 1.54) is 0 Å². The van der Waals surface area contributed by atoms with E-state index < -0.39 is 6.10 Å². The Morgan fingerprint density at radius 1 is 1.47 bits per heavy atom. The molecule has 1 atom stereocenters. The second-order valence-electron chi connectivity index (χ2n) is 4.54. The molecule has 6 nitrogen and oxygen atoms in total. The molecule has 0 amide bonds. The lowest BCUT2D eigenvalue weighted by Crippen LogP contribution is -2.42. The third kappa shape index (κ3) is 4.66. The number of ether oxygens (including phenoxy) is 2. The number of morpholine rings is 1. The standard InChI is InChI=1S/C13H21N3O3/c1-18-13-3-2-11(8-15-13)14-9-12(17)10-16-4-6-19-7-5-16/h2-3,8,12,14,17H,4-7,9-10H2,1H3. The number of anilines is 1. The van der Waals surface area contributed by atoms with Crippen molar-refractivity contribution in [2.24, 2.45) is 0 Å². The van der Waals surface area contributed by atoms with Crippen LogP contribution in [0, 0.1) is 0 Å². The lowest BCUT2D eigenvalue weighted by atomic mass is 10.3. The normalized spacial score (nSPS) is 18.0. The van der Waals surface area contributed by atoms with Crippen molar-refractivity contribution in [3.63, 3.8) is 0 Å². The molecule has 0 saturated carbocycles. The Labute approximate surface area is 113 Å². The quantitative estimate of drug-likeness (QED) is 0.767. The summed E-state index contributed by atoms with van der Waals surface area (Å²) in [4.78, 5) is 6.31. The molecule has 1 aromatic rings. The van der Waals surface area contributed by atoms with Gasteiger partial charge in [0.05, 0.1) is 38.3 Å². The van der Waals surface area contributed by atoms with Gasteiger partial charge < -0.3 is 19.9 Å². The Bertz CT molecular complexity index is 366. The van der Waals surface area contributed by atoms with Crippen LogP contribution in [-0.2, 0) is 4.74 Å². The fourth-order valence-electron chi connectivity index (χ4n) is 1.99. The first-order chi connectivity index (χ1) is 9.28. The molecule has 1 unspecified atom stereocenters. The van der Waals surface area contributed by atoms with Crippen molar-refractivity contribution in [2.75, 3.05) is 51.8 Å². The van der Waals surface area contributed by atoms with Crippen LogP contribution in [0.2, 0.25) is 0 Å². The number of aliphatic hydroxyl groups is 1. The molecule has 1 saturated heterocycles. The number of hydrogen-bond acceptors (Lipinski definition) is 6. The van der Waals surface area contributed by atoms with Crippen LogP contribution < -0.4 is 10.1 Å². The van der Waals surface area contributed by atoms with Crippen molar-refractivity contribution < 1.29 is 14.6 Å². The Morgan fingerprint density at radius 2 is 2.26 bits per heavy atom. The van der Waals surface area contributed by atoms with Crippen LogP contribution in [0.5, 0.6) is 5.88 Å². The Morgan fingerprint density at radius 3 is 2.89 bits per heavy atom. The number of rotatable bonds is 6. The molecule has 0 spiro atoms. The molecule has 0 aromatic carbocycles. The fraction of sp³-hybridized carbons (Fsp3) is 0.615. The zero-order chi connectivity index (χ0) is 13.5. The lowest BCUT2D eigenvalue weighted by molar-refractivity contribution is 0.0171. The minimum atomic E-state index is -0.403. The Kier molecular flexibility index (Phi) is 5.38. The second kappa shape index (κ2) is 7.28. The van der Waals surface area contributed by atoms with E-state index in [9.17, 15) is 5.11 Å². The summed E-state index contributed by atoms with van der Waals surface area (Å²) >= 11 is 0. The van der Waals surface area contributed by atoms with Crippen LogP contribution in [-0.4, -0.2) is 67.6 Å². The summed E-state index contributed by atoms with van der Waals surface area (Å²) in [6.07, 6.45) is 1.29. The summed E-state index contributed by atoms with van der Waals surface area (Å²) in [5, 5.41) is 13.1. The van der Waals surface area contributed by atoms with Gasteiger partial charge in [0.1, 0.15) is 0 Å². The van der Waals surface area contributed by atoms with E-state index in [-0.39, 0.29) is 0 Å². The van der Waals surface area contributed by atoms with E-state index in [1.54, 1.807) is 19.4 Å². The average molecular weight is 267 g/mol. The first-order valence-electron chi connectivity index (χ1n) is 6.50. The summed E-state index contributed by atoms with van der Waals surface area (Å²) < 4.78 is 10.3. The molecular weight excluding hydrogens is 246 g/mol. The molecule has 1 aliphatic heterocycles. The third-order valence-electron chi connectivity index (χ3n) is 3.06. The topological polar surface area (TPSA) is 66.8 Å². The van der Waals surface area contributed by atoms with Gasteiger partial charge in [-0.25, -0.2) is 4.98 Å². The number of pyridine rings is 1. The largest absolute Gasteiger partial charge is 0.481 e. The van der Waals surface area contributed by atoms with Gasteiger partial charge in [0.15, 0.2) is 0 Å². The van der Waals surface area contributed by atoms with Gasteiger partial charge in [0.25, 0.3) is 0 Å². The van der Waals surface area contributed by atoms with E-state index >= 15 is 0 Å². The predicted molar refractivity (Wildman–Crippen MR) is 72.5 cm³/mol. The van der Waals surface area contributed by atoms with Crippen LogP contribution >= 0.6 is 0 Å². The average Bonchev–Trinajstić information content (AvgIpc) is 2.47. The molecule has 0 aliphatic carbocycles. The van der Waals surface area contributed by atoms with Crippen molar-refractivity contribution in [1.29, 1.82) is 0 Å². The van der Waals surface area contributed by atoms with Crippen molar-refractivity contribution >= 4 is 5.69 Å². The van der Waals surface area contributed by atoms with Gasteiger partial charge in [0.2, 0.25) is 5.88 Å². The maximum atomic E-state index is 9.97. The van der Waals surface area contributed by atoms with Gasteiger partial charge in [-0.1, -0.05) is 0 Å². The van der Waals surface area contributed by atoms with E-state index in [2.05, 4.69) is 15.2 Å². The summed E-state index contributed by atoms with van der Waals surface area (Å²) in [6.45, 7) is 4.46. The van der Waals surface area contributed by atoms with E-state index in [0.717, 1.165) is 32.0 Å². The van der Waals surface area contributed by atoms with Gasteiger partial charge in [-0.2, -0.15) is 0 Å². The molecule has 0 bridgehead atoms. The first-order valence-corrected chi connectivity index (χ1v) is 6.50. The number of aliphatic hydroxyl groups excluding tert-OH is 1. The molecule has 19 heavy (non-hydrogen) atoms. The van der Waals surface area contributed by atoms with E-state index in [0.29, 0.717) is 19.0 Å². The first kappa shape index (κ1) is 14.0. The highest BCUT2D eigenvalue weighted by Crippen LogP contribution is 2.10. The van der Waals surface area contributed by atoms with Crippen LogP contribution in [0.1, 0.15) is 0 Å². The van der Waals surface area contributed by atoms with Crippen LogP contribution in [0.15, 0.2) is 18.3 Å². The summed E-state index contributed by atoms with van der Waals surface area (Å²) in [6, 6.07) is 3.67. The second-order valence-corrected chi connectivity index (χ2v) is 4.54. The van der Waals surface area contributed by atoms with Crippen LogP contribution in [0.4, 0.5) is 5.69 Å².